The molecule has 8 heteroatoms. The Bertz CT molecular complexity index is 726. The van der Waals surface area contributed by atoms with Gasteiger partial charge in [0.2, 0.25) is 0 Å². The Morgan fingerprint density at radius 1 is 1.27 bits per heavy atom. The van der Waals surface area contributed by atoms with Gasteiger partial charge in [0.05, 0.1) is 6.54 Å². The maximum Gasteiger partial charge on any atom is 0.410 e. The van der Waals surface area contributed by atoms with Crippen LogP contribution in [0.5, 0.6) is 0 Å². The van der Waals surface area contributed by atoms with Gasteiger partial charge in [-0.3, -0.25) is 0 Å². The number of piperazine rings is 1. The molecule has 0 saturated carbocycles. The maximum atomic E-state index is 12.2. The molecular formula is C18H28N6O2. The van der Waals surface area contributed by atoms with Gasteiger partial charge in [0.15, 0.2) is 0 Å². The van der Waals surface area contributed by atoms with Crippen molar-refractivity contribution in [3.05, 3.63) is 33.2 Å². The van der Waals surface area contributed by atoms with Crippen molar-refractivity contribution < 1.29 is 9.53 Å². The zero-order valence-electron chi connectivity index (χ0n) is 16.2. The summed E-state index contributed by atoms with van der Waals surface area (Å²) in [6.45, 7) is 12.4. The minimum absolute atomic E-state index is 0.275. The molecule has 142 valence electrons. The Morgan fingerprint density at radius 2 is 1.88 bits per heavy atom. The van der Waals surface area contributed by atoms with Crippen LogP contribution in [0.2, 0.25) is 0 Å². The van der Waals surface area contributed by atoms with Crippen LogP contribution in [0, 0.1) is 13.8 Å². The second kappa shape index (κ2) is 7.74. The molecule has 1 aliphatic rings. The zero-order valence-corrected chi connectivity index (χ0v) is 16.2. The van der Waals surface area contributed by atoms with E-state index in [0.29, 0.717) is 26.2 Å². The van der Waals surface area contributed by atoms with Gasteiger partial charge in [-0.2, -0.15) is 0 Å². The minimum Gasteiger partial charge on any atom is -0.444 e. The van der Waals surface area contributed by atoms with Gasteiger partial charge in [-0.15, -0.1) is 0 Å². The van der Waals surface area contributed by atoms with Gasteiger partial charge < -0.3 is 20.3 Å². The van der Waals surface area contributed by atoms with E-state index in [-0.39, 0.29) is 12.6 Å². The van der Waals surface area contributed by atoms with Crippen molar-refractivity contribution in [2.45, 2.75) is 46.8 Å². The fraction of sp³-hybridized carbons (Fsp3) is 0.611. The first-order chi connectivity index (χ1) is 12.1. The predicted molar refractivity (Wildman–Crippen MR) is 103 cm³/mol. The van der Waals surface area contributed by atoms with Gasteiger partial charge in [-0.25, -0.2) is 4.79 Å². The van der Waals surface area contributed by atoms with Gasteiger partial charge >= 0.3 is 6.09 Å². The van der Waals surface area contributed by atoms with Gasteiger partial charge in [-0.1, -0.05) is 5.11 Å². The average Bonchev–Trinajstić information content (AvgIpc) is 2.58. The molecule has 26 heavy (non-hydrogen) atoms. The molecule has 0 aliphatic carbocycles. The van der Waals surface area contributed by atoms with E-state index in [1.54, 1.807) is 4.90 Å². The number of nitrogens with two attached hydrogens (primary N) is 1. The van der Waals surface area contributed by atoms with Gasteiger partial charge in [0, 0.05) is 42.5 Å². The van der Waals surface area contributed by atoms with Crippen molar-refractivity contribution in [3.63, 3.8) is 0 Å². The molecule has 1 aromatic rings. The van der Waals surface area contributed by atoms with Crippen LogP contribution in [0.15, 0.2) is 11.2 Å². The number of anilines is 2. The molecule has 2 rings (SSSR count). The van der Waals surface area contributed by atoms with Gasteiger partial charge in [-0.05, 0) is 62.9 Å². The van der Waals surface area contributed by atoms with Crippen LogP contribution in [-0.2, 0) is 11.3 Å². The third kappa shape index (κ3) is 4.52. The number of hydrogen-bond acceptors (Lipinski definition) is 5. The molecular weight excluding hydrogens is 332 g/mol. The number of nitrogen functional groups attached to an aromatic ring is 1. The molecule has 1 aliphatic heterocycles. The Labute approximate surface area is 154 Å². The summed E-state index contributed by atoms with van der Waals surface area (Å²) in [5.74, 6) is 0. The Balaban J connectivity index is 2.15. The smallest absolute Gasteiger partial charge is 0.410 e. The summed E-state index contributed by atoms with van der Waals surface area (Å²) in [6.07, 6.45) is -0.277. The number of benzene rings is 1. The lowest BCUT2D eigenvalue weighted by Gasteiger charge is -2.37. The number of ether oxygens (including phenoxy) is 1. The minimum atomic E-state index is -0.494. The number of rotatable bonds is 3. The van der Waals surface area contributed by atoms with E-state index < -0.39 is 5.60 Å². The van der Waals surface area contributed by atoms with Gasteiger partial charge in [0.1, 0.15) is 5.60 Å². The van der Waals surface area contributed by atoms with E-state index in [1.807, 2.05) is 40.7 Å². The molecule has 1 heterocycles. The van der Waals surface area contributed by atoms with Crippen LogP contribution < -0.4 is 10.6 Å². The molecule has 0 bridgehead atoms. The molecule has 0 aromatic heterocycles. The van der Waals surface area contributed by atoms with Crippen molar-refractivity contribution in [1.82, 2.24) is 4.90 Å². The molecule has 0 unspecified atom stereocenters. The van der Waals surface area contributed by atoms with Crippen molar-refractivity contribution >= 4 is 17.5 Å². The molecule has 1 aromatic carbocycles. The molecule has 1 amide bonds. The fourth-order valence-corrected chi connectivity index (χ4v) is 3.03. The summed E-state index contributed by atoms with van der Waals surface area (Å²) < 4.78 is 5.44. The second-order valence-corrected chi connectivity index (χ2v) is 7.56. The Hall–Kier alpha value is -2.60. The summed E-state index contributed by atoms with van der Waals surface area (Å²) in [5.41, 5.74) is 19.0. The summed E-state index contributed by atoms with van der Waals surface area (Å²) in [5, 5.41) is 3.67. The van der Waals surface area contributed by atoms with Crippen molar-refractivity contribution in [2.75, 3.05) is 36.8 Å². The number of amides is 1. The maximum absolute atomic E-state index is 12.2. The topological polar surface area (TPSA) is 108 Å². The molecule has 0 radical (unpaired) electrons. The first-order valence-electron chi connectivity index (χ1n) is 8.76. The largest absolute Gasteiger partial charge is 0.444 e. The Morgan fingerprint density at radius 3 is 2.42 bits per heavy atom. The van der Waals surface area contributed by atoms with Crippen LogP contribution in [-0.4, -0.2) is 42.8 Å². The van der Waals surface area contributed by atoms with Gasteiger partial charge in [0.25, 0.3) is 0 Å². The summed E-state index contributed by atoms with van der Waals surface area (Å²) >= 11 is 0. The number of azide groups is 1. The lowest BCUT2D eigenvalue weighted by molar-refractivity contribution is 0.0240. The van der Waals surface area contributed by atoms with Crippen LogP contribution in [0.4, 0.5) is 16.2 Å². The first-order valence-corrected chi connectivity index (χ1v) is 8.76. The highest BCUT2D eigenvalue weighted by Gasteiger charge is 2.27. The van der Waals surface area contributed by atoms with Crippen molar-refractivity contribution in [1.29, 1.82) is 0 Å². The molecule has 2 N–H and O–H groups in total. The highest BCUT2D eigenvalue weighted by molar-refractivity contribution is 5.71. The quantitative estimate of drug-likeness (QED) is 0.383. The fourth-order valence-electron chi connectivity index (χ4n) is 3.03. The van der Waals surface area contributed by atoms with E-state index in [1.165, 1.54) is 0 Å². The molecule has 1 fully saturated rings. The van der Waals surface area contributed by atoms with E-state index >= 15 is 0 Å². The lowest BCUT2D eigenvalue weighted by Crippen LogP contribution is -2.50. The number of nitrogens with zero attached hydrogens (tertiary/aromatic N) is 5. The highest BCUT2D eigenvalue weighted by atomic mass is 16.6. The normalized spacial score (nSPS) is 14.8. The average molecular weight is 360 g/mol. The van der Waals surface area contributed by atoms with Crippen molar-refractivity contribution in [2.24, 2.45) is 5.11 Å². The summed E-state index contributed by atoms with van der Waals surface area (Å²) in [6, 6.07) is 2.04. The van der Waals surface area contributed by atoms with Crippen molar-refractivity contribution in [3.8, 4) is 0 Å². The molecule has 0 spiro atoms. The van der Waals surface area contributed by atoms with Crippen LogP contribution in [0.1, 0.15) is 37.5 Å². The zero-order chi connectivity index (χ0) is 19.5. The lowest BCUT2D eigenvalue weighted by atomic mass is 9.99. The molecule has 0 atom stereocenters. The Kier molecular flexibility index (Phi) is 5.87. The standard InChI is InChI=1S/C18H28N6O2/c1-12-14(11-21-22-20)10-15(13(2)16(12)19)23-6-8-24(9-7-23)17(25)26-18(3,4)5/h10H,6-9,11,19H2,1-5H3. The summed E-state index contributed by atoms with van der Waals surface area (Å²) in [4.78, 5) is 19.0. The molecule has 8 nitrogen and oxygen atoms in total. The van der Waals surface area contributed by atoms with E-state index in [9.17, 15) is 4.79 Å². The molecule has 1 saturated heterocycles. The SMILES string of the molecule is Cc1c(CN=[N+]=[N-])cc(N2CCN(C(=O)OC(C)(C)C)CC2)c(C)c1N. The van der Waals surface area contributed by atoms with E-state index in [2.05, 4.69) is 14.9 Å². The monoisotopic (exact) mass is 360 g/mol. The second-order valence-electron chi connectivity index (χ2n) is 7.56. The summed E-state index contributed by atoms with van der Waals surface area (Å²) in [7, 11) is 0. The first kappa shape index (κ1) is 19.7. The highest BCUT2D eigenvalue weighted by Crippen LogP contribution is 2.32. The third-order valence-corrected chi connectivity index (χ3v) is 4.56. The number of carbonyl (C=O) groups excluding carboxylic acids is 1. The number of hydrogen-bond donors (Lipinski definition) is 1. The van der Waals surface area contributed by atoms with E-state index in [0.717, 1.165) is 28.1 Å². The van der Waals surface area contributed by atoms with E-state index in [4.69, 9.17) is 16.0 Å². The van der Waals surface area contributed by atoms with Crippen LogP contribution in [0.25, 0.3) is 10.4 Å². The van der Waals surface area contributed by atoms with Crippen LogP contribution in [0.3, 0.4) is 0 Å². The predicted octanol–water partition coefficient (Wildman–Crippen LogP) is 3.75. The number of carbonyl (C=O) groups is 1. The van der Waals surface area contributed by atoms with Crippen LogP contribution >= 0.6 is 0 Å². The third-order valence-electron chi connectivity index (χ3n) is 4.56.